The second-order valence-corrected chi connectivity index (χ2v) is 21.4. The fourth-order valence-corrected chi connectivity index (χ4v) is 14.4. The predicted octanol–water partition coefficient (Wildman–Crippen LogP) is 20.3. The van der Waals surface area contributed by atoms with Crippen molar-refractivity contribution in [2.45, 2.75) is 5.41 Å². The van der Waals surface area contributed by atoms with Gasteiger partial charge in [0.1, 0.15) is 0 Å². The van der Waals surface area contributed by atoms with E-state index >= 15 is 0 Å². The molecule has 1 aromatic heterocycles. The summed E-state index contributed by atoms with van der Waals surface area (Å²) < 4.78 is 2.63. The molecule has 0 radical (unpaired) electrons. The third-order valence-electron chi connectivity index (χ3n) is 16.4. The number of thiophene rings is 1. The Morgan fingerprint density at radius 1 is 0.303 bits per heavy atom. The first-order valence-electron chi connectivity index (χ1n) is 26.2. The summed E-state index contributed by atoms with van der Waals surface area (Å²) >= 11 is 1.90. The van der Waals surface area contributed by atoms with E-state index in [1.807, 2.05) is 11.3 Å². The summed E-state index contributed by atoms with van der Waals surface area (Å²) in [7, 11) is 0. The minimum atomic E-state index is -0.640. The van der Waals surface area contributed by atoms with E-state index in [-0.39, 0.29) is 0 Å². The van der Waals surface area contributed by atoms with Crippen LogP contribution in [0.2, 0.25) is 0 Å². The molecule has 2 heterocycles. The lowest BCUT2D eigenvalue weighted by atomic mass is 9.66. The molecule has 0 bridgehead atoms. The number of fused-ring (bicyclic) bond motifs is 20. The molecule has 12 aromatic carbocycles. The lowest BCUT2D eigenvalue weighted by molar-refractivity contribution is 0.776. The fraction of sp³-hybridized carbons (Fsp3) is 0.0137. The molecule has 13 aromatic rings. The number of nitrogens with zero attached hydrogens (tertiary/aromatic N) is 2. The zero-order chi connectivity index (χ0) is 49.9. The largest absolute Gasteiger partial charge is 0.308 e. The Balaban J connectivity index is 1.02. The molecule has 3 heteroatoms. The van der Waals surface area contributed by atoms with E-state index in [0.29, 0.717) is 0 Å². The predicted molar refractivity (Wildman–Crippen MR) is 320 cm³/mol. The minimum absolute atomic E-state index is 0.640. The van der Waals surface area contributed by atoms with E-state index in [2.05, 4.69) is 289 Å². The minimum Gasteiger partial charge on any atom is -0.308 e. The smallest absolute Gasteiger partial charge is 0.0781 e. The first-order valence-corrected chi connectivity index (χ1v) is 27.1. The Labute approximate surface area is 446 Å². The Morgan fingerprint density at radius 2 is 0.829 bits per heavy atom. The molecule has 1 unspecified atom stereocenters. The van der Waals surface area contributed by atoms with E-state index in [4.69, 9.17) is 0 Å². The Bertz CT molecular complexity index is 4490. The number of hydrogen-bond donors (Lipinski definition) is 0. The highest BCUT2D eigenvalue weighted by molar-refractivity contribution is 7.25. The number of para-hydroxylation sites is 3. The van der Waals surface area contributed by atoms with Crippen LogP contribution < -0.4 is 9.80 Å². The van der Waals surface area contributed by atoms with Crippen LogP contribution in [-0.2, 0) is 5.41 Å². The van der Waals surface area contributed by atoms with E-state index < -0.39 is 5.41 Å². The van der Waals surface area contributed by atoms with Crippen molar-refractivity contribution < 1.29 is 0 Å². The molecule has 2 aliphatic carbocycles. The van der Waals surface area contributed by atoms with Crippen molar-refractivity contribution in [3.8, 4) is 66.8 Å². The Hall–Kier alpha value is -9.54. The van der Waals surface area contributed by atoms with Gasteiger partial charge in [-0.3, -0.25) is 0 Å². The molecule has 354 valence electrons. The second kappa shape index (κ2) is 16.7. The average molecular weight is 983 g/mol. The second-order valence-electron chi connectivity index (χ2n) is 20.3. The molecule has 0 saturated carbocycles. The summed E-state index contributed by atoms with van der Waals surface area (Å²) in [5.41, 5.74) is 25.7. The van der Waals surface area contributed by atoms with Crippen LogP contribution in [0.5, 0.6) is 0 Å². The van der Waals surface area contributed by atoms with Gasteiger partial charge in [-0.25, -0.2) is 0 Å². The standard InChI is InChI=1S/C73H46N2S/c1-3-21-47(22-4-1)48-23-19-26-50(43-48)74(69-39-20-35-60-54-29-9-8-28-53(54)58-33-13-17-38-68(58)75(72(60)69)49-24-5-2-6-25-49)51-41-42-66-61(44-51)55-30-10-7-27-52(55)56-31-11-15-36-64(56)73(66)65-37-16-12-32-57(65)62-45-63-59-34-14-18-40-70(59)76-71(63)46-67(62)73/h1-46H. The van der Waals surface area contributed by atoms with Crippen LogP contribution in [-0.4, -0.2) is 0 Å². The van der Waals surface area contributed by atoms with Gasteiger partial charge in [-0.15, -0.1) is 11.3 Å². The topological polar surface area (TPSA) is 6.48 Å². The molecule has 1 atom stereocenters. The monoisotopic (exact) mass is 982 g/mol. The molecule has 3 aliphatic rings. The molecule has 1 spiro atoms. The molecular formula is C73H46N2S. The summed E-state index contributed by atoms with van der Waals surface area (Å²) in [5, 5.41) is 2.63. The summed E-state index contributed by atoms with van der Waals surface area (Å²) in [6, 6.07) is 104. The highest BCUT2D eigenvalue weighted by atomic mass is 32.1. The molecule has 1 aliphatic heterocycles. The van der Waals surface area contributed by atoms with E-state index in [1.54, 1.807) is 0 Å². The van der Waals surface area contributed by atoms with Crippen molar-refractivity contribution in [1.82, 2.24) is 0 Å². The van der Waals surface area contributed by atoms with Crippen molar-refractivity contribution in [3.05, 3.63) is 301 Å². The van der Waals surface area contributed by atoms with Crippen LogP contribution >= 0.6 is 11.3 Å². The van der Waals surface area contributed by atoms with Crippen molar-refractivity contribution in [2.24, 2.45) is 0 Å². The molecule has 2 nitrogen and oxygen atoms in total. The van der Waals surface area contributed by atoms with Crippen LogP contribution in [0.4, 0.5) is 34.1 Å². The number of hydrogen-bond acceptors (Lipinski definition) is 3. The maximum absolute atomic E-state index is 2.55. The van der Waals surface area contributed by atoms with Gasteiger partial charge >= 0.3 is 0 Å². The normalized spacial score (nSPS) is 14.3. The maximum atomic E-state index is 2.55. The third-order valence-corrected chi connectivity index (χ3v) is 17.5. The quantitative estimate of drug-likeness (QED) is 0.170. The third kappa shape index (κ3) is 6.15. The van der Waals surface area contributed by atoms with Crippen molar-refractivity contribution in [1.29, 1.82) is 0 Å². The van der Waals surface area contributed by atoms with E-state index in [1.165, 1.54) is 104 Å². The Morgan fingerprint density at radius 3 is 1.59 bits per heavy atom. The van der Waals surface area contributed by atoms with Gasteiger partial charge in [0.05, 0.1) is 22.5 Å². The molecule has 0 fully saturated rings. The van der Waals surface area contributed by atoms with Gasteiger partial charge in [-0.2, -0.15) is 0 Å². The Kier molecular flexibility index (Phi) is 9.45. The van der Waals surface area contributed by atoms with E-state index in [9.17, 15) is 0 Å². The maximum Gasteiger partial charge on any atom is 0.0781 e. The van der Waals surface area contributed by atoms with Gasteiger partial charge in [0.25, 0.3) is 0 Å². The zero-order valence-electron chi connectivity index (χ0n) is 41.4. The first-order chi connectivity index (χ1) is 37.7. The van der Waals surface area contributed by atoms with Gasteiger partial charge < -0.3 is 9.80 Å². The van der Waals surface area contributed by atoms with Gasteiger partial charge in [-0.05, 0) is 145 Å². The van der Waals surface area contributed by atoms with Crippen LogP contribution in [0.15, 0.2) is 279 Å². The van der Waals surface area contributed by atoms with Crippen molar-refractivity contribution in [2.75, 3.05) is 9.80 Å². The molecule has 76 heavy (non-hydrogen) atoms. The molecule has 0 N–H and O–H groups in total. The van der Waals surface area contributed by atoms with Crippen LogP contribution in [0, 0.1) is 0 Å². The van der Waals surface area contributed by atoms with Crippen molar-refractivity contribution >= 4 is 65.6 Å². The summed E-state index contributed by atoms with van der Waals surface area (Å²) in [5.74, 6) is 0. The number of anilines is 6. The number of rotatable bonds is 5. The van der Waals surface area contributed by atoms with Crippen LogP contribution in [0.1, 0.15) is 22.3 Å². The van der Waals surface area contributed by atoms with Gasteiger partial charge in [0.2, 0.25) is 0 Å². The highest BCUT2D eigenvalue weighted by Gasteiger charge is 2.50. The van der Waals surface area contributed by atoms with Crippen LogP contribution in [0.3, 0.4) is 0 Å². The zero-order valence-corrected chi connectivity index (χ0v) is 42.2. The highest BCUT2D eigenvalue weighted by Crippen LogP contribution is 2.64. The molecular weight excluding hydrogens is 937 g/mol. The molecule has 0 amide bonds. The lowest BCUT2D eigenvalue weighted by Crippen LogP contribution is -2.29. The first kappa shape index (κ1) is 42.9. The number of benzene rings is 12. The van der Waals surface area contributed by atoms with Gasteiger partial charge in [0, 0.05) is 48.4 Å². The van der Waals surface area contributed by atoms with Gasteiger partial charge in [0.15, 0.2) is 0 Å². The lowest BCUT2D eigenvalue weighted by Gasteiger charge is -2.37. The SMILES string of the molecule is c1ccc(-c2cccc(N(c3ccc4c(c3)-c3ccccc3-c3ccccc3C43c4ccccc4-c4cc5c(cc43)sc3ccccc35)c3cccc4c3N(c3ccccc3)c3ccccc3-c3ccccc3-4)c2)cc1. The summed E-state index contributed by atoms with van der Waals surface area (Å²) in [6.45, 7) is 0. The molecule has 16 rings (SSSR count). The average Bonchev–Trinajstić information content (AvgIpc) is 4.05. The van der Waals surface area contributed by atoms with Crippen LogP contribution in [0.25, 0.3) is 86.9 Å². The summed E-state index contributed by atoms with van der Waals surface area (Å²) in [4.78, 5) is 5.03. The fourth-order valence-electron chi connectivity index (χ4n) is 13.3. The van der Waals surface area contributed by atoms with Gasteiger partial charge in [-0.1, -0.05) is 212 Å². The van der Waals surface area contributed by atoms with E-state index in [0.717, 1.165) is 39.7 Å². The summed E-state index contributed by atoms with van der Waals surface area (Å²) in [6.07, 6.45) is 0. The van der Waals surface area contributed by atoms with Crippen molar-refractivity contribution in [3.63, 3.8) is 0 Å². The molecule has 0 saturated heterocycles.